The minimum atomic E-state index is -1.06. The monoisotopic (exact) mass is 336 g/mol. The summed E-state index contributed by atoms with van der Waals surface area (Å²) in [6.07, 6.45) is 1.62. The fourth-order valence-corrected chi connectivity index (χ4v) is 1.83. The van der Waals surface area contributed by atoms with Gasteiger partial charge in [0.05, 0.1) is 11.3 Å². The van der Waals surface area contributed by atoms with Crippen molar-refractivity contribution in [2.75, 3.05) is 5.32 Å². The highest BCUT2D eigenvalue weighted by Crippen LogP contribution is 2.24. The van der Waals surface area contributed by atoms with Crippen LogP contribution in [0.2, 0.25) is 0 Å². The standard InChI is InChI=1S/C13H10N6O2.3H2O/c20-13(21)9-7-8(12-16-18-19-17-12)4-5-10(9)15-11-3-1-2-6-14-11;;;/h1-7H,(H,14,15)(H,20,21)(H,16,17,18,19);3*1H2. The zero-order valence-electron chi connectivity index (χ0n) is 12.2. The molecule has 0 fully saturated rings. The highest BCUT2D eigenvalue weighted by Gasteiger charge is 2.14. The Hall–Kier alpha value is -3.41. The minimum Gasteiger partial charge on any atom is -0.478 e. The molecule has 0 saturated carbocycles. The van der Waals surface area contributed by atoms with Crippen LogP contribution >= 0.6 is 0 Å². The van der Waals surface area contributed by atoms with Crippen molar-refractivity contribution < 1.29 is 26.3 Å². The van der Waals surface area contributed by atoms with Crippen molar-refractivity contribution in [3.05, 3.63) is 48.2 Å². The third kappa shape index (κ3) is 4.30. The molecule has 0 spiro atoms. The number of tetrazole rings is 1. The van der Waals surface area contributed by atoms with Gasteiger partial charge in [-0.3, -0.25) is 0 Å². The van der Waals surface area contributed by atoms with Crippen LogP contribution in [0.3, 0.4) is 0 Å². The first-order valence-corrected chi connectivity index (χ1v) is 6.03. The van der Waals surface area contributed by atoms with Gasteiger partial charge in [-0.25, -0.2) is 9.78 Å². The van der Waals surface area contributed by atoms with Crippen LogP contribution in [-0.4, -0.2) is 53.1 Å². The Bertz CT molecular complexity index is 766. The average molecular weight is 336 g/mol. The highest BCUT2D eigenvalue weighted by molar-refractivity contribution is 5.96. The number of rotatable bonds is 4. The summed E-state index contributed by atoms with van der Waals surface area (Å²) in [6.45, 7) is 0. The molecule has 2 heterocycles. The van der Waals surface area contributed by atoms with Crippen LogP contribution in [0.5, 0.6) is 0 Å². The van der Waals surface area contributed by atoms with Gasteiger partial charge >= 0.3 is 5.97 Å². The number of carbonyl (C=O) groups is 1. The fraction of sp³-hybridized carbons (Fsp3) is 0. The molecule has 0 aliphatic carbocycles. The summed E-state index contributed by atoms with van der Waals surface area (Å²) in [5.41, 5.74) is 1.10. The summed E-state index contributed by atoms with van der Waals surface area (Å²) in [4.78, 5) is 15.5. The predicted octanol–water partition coefficient (Wildman–Crippen LogP) is -0.771. The van der Waals surface area contributed by atoms with E-state index in [1.165, 1.54) is 6.07 Å². The number of carboxylic acid groups (broad SMARTS) is 1. The Morgan fingerprint density at radius 3 is 2.50 bits per heavy atom. The number of aromatic amines is 1. The fourth-order valence-electron chi connectivity index (χ4n) is 1.83. The van der Waals surface area contributed by atoms with Gasteiger partial charge in [0.2, 0.25) is 5.82 Å². The number of aromatic nitrogens is 5. The van der Waals surface area contributed by atoms with E-state index in [1.54, 1.807) is 30.5 Å². The summed E-state index contributed by atoms with van der Waals surface area (Å²) in [7, 11) is 0. The van der Waals surface area contributed by atoms with Crippen molar-refractivity contribution in [2.24, 2.45) is 0 Å². The third-order valence-corrected chi connectivity index (χ3v) is 2.78. The van der Waals surface area contributed by atoms with E-state index in [0.29, 0.717) is 22.9 Å². The number of aromatic carboxylic acids is 1. The number of nitrogens with zero attached hydrogens (tertiary/aromatic N) is 4. The van der Waals surface area contributed by atoms with Crippen molar-refractivity contribution >= 4 is 17.5 Å². The number of nitrogens with one attached hydrogen (secondary N) is 2. The largest absolute Gasteiger partial charge is 0.478 e. The molecular weight excluding hydrogens is 320 g/mol. The van der Waals surface area contributed by atoms with E-state index in [1.807, 2.05) is 6.07 Å². The normalized spacial score (nSPS) is 9.00. The minimum absolute atomic E-state index is 0. The van der Waals surface area contributed by atoms with Crippen LogP contribution in [0.1, 0.15) is 10.4 Å². The van der Waals surface area contributed by atoms with Gasteiger partial charge in [-0.15, -0.1) is 10.2 Å². The molecule has 0 amide bonds. The van der Waals surface area contributed by atoms with Crippen LogP contribution < -0.4 is 5.32 Å². The molecule has 1 aromatic carbocycles. The molecule has 128 valence electrons. The van der Waals surface area contributed by atoms with E-state index in [2.05, 4.69) is 30.9 Å². The Labute approximate surface area is 135 Å². The van der Waals surface area contributed by atoms with E-state index in [-0.39, 0.29) is 22.0 Å². The molecule has 9 N–H and O–H groups in total. The summed E-state index contributed by atoms with van der Waals surface area (Å²) in [6, 6.07) is 10.2. The number of H-pyrrole nitrogens is 1. The summed E-state index contributed by atoms with van der Waals surface area (Å²) in [5, 5.41) is 25.7. The second-order valence-electron chi connectivity index (χ2n) is 4.14. The van der Waals surface area contributed by atoms with Gasteiger partial charge in [-0.1, -0.05) is 6.07 Å². The predicted molar refractivity (Wildman–Crippen MR) is 84.9 cm³/mol. The molecular formula is C13H16N6O5. The number of hydrogen-bond acceptors (Lipinski definition) is 6. The summed E-state index contributed by atoms with van der Waals surface area (Å²) >= 11 is 0. The molecule has 0 unspecified atom stereocenters. The van der Waals surface area contributed by atoms with Crippen LogP contribution in [0.25, 0.3) is 11.4 Å². The smallest absolute Gasteiger partial charge is 0.337 e. The zero-order chi connectivity index (χ0) is 14.7. The lowest BCUT2D eigenvalue weighted by atomic mass is 10.1. The molecule has 24 heavy (non-hydrogen) atoms. The molecule has 0 aliphatic rings. The van der Waals surface area contributed by atoms with Crippen molar-refractivity contribution in [3.8, 4) is 11.4 Å². The Balaban J connectivity index is 0.00000176. The number of carboxylic acids is 1. The molecule has 2 aromatic heterocycles. The van der Waals surface area contributed by atoms with Crippen LogP contribution in [0.15, 0.2) is 42.6 Å². The highest BCUT2D eigenvalue weighted by atomic mass is 16.4. The molecule has 3 rings (SSSR count). The molecule has 0 radical (unpaired) electrons. The maximum absolute atomic E-state index is 11.4. The second-order valence-corrected chi connectivity index (χ2v) is 4.14. The van der Waals surface area contributed by atoms with Gasteiger partial charge in [0.25, 0.3) is 0 Å². The van der Waals surface area contributed by atoms with E-state index in [0.717, 1.165) is 0 Å². The van der Waals surface area contributed by atoms with Gasteiger partial charge in [-0.05, 0) is 35.5 Å². The van der Waals surface area contributed by atoms with Crippen molar-refractivity contribution in [3.63, 3.8) is 0 Å². The van der Waals surface area contributed by atoms with E-state index >= 15 is 0 Å². The summed E-state index contributed by atoms with van der Waals surface area (Å²) < 4.78 is 0. The number of hydrogen-bond donors (Lipinski definition) is 3. The average Bonchev–Trinajstić information content (AvgIpc) is 3.03. The first kappa shape index (κ1) is 20.6. The Morgan fingerprint density at radius 2 is 1.92 bits per heavy atom. The zero-order valence-corrected chi connectivity index (χ0v) is 12.2. The number of anilines is 2. The molecule has 0 bridgehead atoms. The van der Waals surface area contributed by atoms with E-state index in [9.17, 15) is 9.90 Å². The maximum Gasteiger partial charge on any atom is 0.337 e. The SMILES string of the molecule is O.O.O.O=C(O)c1cc(-c2nn[nH]n2)ccc1Nc1ccccn1. The summed E-state index contributed by atoms with van der Waals surface area (Å²) in [5.74, 6) is -0.159. The molecule has 0 aliphatic heterocycles. The Kier molecular flexibility index (Phi) is 7.63. The van der Waals surface area contributed by atoms with Crippen molar-refractivity contribution in [2.45, 2.75) is 0 Å². The van der Waals surface area contributed by atoms with Crippen molar-refractivity contribution in [1.29, 1.82) is 0 Å². The maximum atomic E-state index is 11.4. The van der Waals surface area contributed by atoms with E-state index in [4.69, 9.17) is 0 Å². The Morgan fingerprint density at radius 1 is 1.12 bits per heavy atom. The van der Waals surface area contributed by atoms with Gasteiger partial charge in [0.1, 0.15) is 5.82 Å². The van der Waals surface area contributed by atoms with Gasteiger partial charge < -0.3 is 26.9 Å². The van der Waals surface area contributed by atoms with Gasteiger partial charge in [-0.2, -0.15) is 5.21 Å². The first-order chi connectivity index (χ1) is 10.2. The quantitative estimate of drug-likeness (QED) is 0.552. The van der Waals surface area contributed by atoms with Crippen molar-refractivity contribution in [1.82, 2.24) is 25.6 Å². The number of pyridine rings is 1. The van der Waals surface area contributed by atoms with E-state index < -0.39 is 5.97 Å². The van der Waals surface area contributed by atoms with Crippen LogP contribution in [-0.2, 0) is 0 Å². The second kappa shape index (κ2) is 8.89. The van der Waals surface area contributed by atoms with Crippen LogP contribution in [0, 0.1) is 0 Å². The lowest BCUT2D eigenvalue weighted by Crippen LogP contribution is -2.04. The molecule has 3 aromatic rings. The third-order valence-electron chi connectivity index (χ3n) is 2.78. The lowest BCUT2D eigenvalue weighted by molar-refractivity contribution is 0.0698. The van der Waals surface area contributed by atoms with Crippen LogP contribution in [0.4, 0.5) is 11.5 Å². The molecule has 0 saturated heterocycles. The molecule has 11 heteroatoms. The molecule has 0 atom stereocenters. The topological polar surface area (TPSA) is 211 Å². The number of benzene rings is 1. The van der Waals surface area contributed by atoms with Gasteiger partial charge in [0.15, 0.2) is 0 Å². The first-order valence-electron chi connectivity index (χ1n) is 6.03. The van der Waals surface area contributed by atoms with Gasteiger partial charge in [0, 0.05) is 11.8 Å². The molecule has 11 nitrogen and oxygen atoms in total. The lowest BCUT2D eigenvalue weighted by Gasteiger charge is -2.09.